The second-order valence-electron chi connectivity index (χ2n) is 8.86. The minimum atomic E-state index is -3.69. The molecule has 0 aliphatic heterocycles. The van der Waals surface area contributed by atoms with Crippen molar-refractivity contribution in [1.29, 1.82) is 0 Å². The third-order valence-corrected chi connectivity index (χ3v) is 7.58. The Kier molecular flexibility index (Phi) is 6.43. The number of hydrogen-bond acceptors (Lipinski definition) is 3. The van der Waals surface area contributed by atoms with Crippen molar-refractivity contribution in [3.8, 4) is 0 Å². The average molecular weight is 516 g/mol. The van der Waals surface area contributed by atoms with Crippen LogP contribution < -0.4 is 9.62 Å². The van der Waals surface area contributed by atoms with E-state index in [0.717, 1.165) is 38.9 Å². The molecule has 0 unspecified atom stereocenters. The molecule has 5 rings (SSSR count). The highest BCUT2D eigenvalue weighted by Gasteiger charge is 2.20. The number of aromatic nitrogens is 1. The van der Waals surface area contributed by atoms with E-state index in [0.29, 0.717) is 16.9 Å². The van der Waals surface area contributed by atoms with E-state index < -0.39 is 15.8 Å². The second kappa shape index (κ2) is 9.71. The van der Waals surface area contributed by atoms with Crippen LogP contribution in [0.5, 0.6) is 0 Å². The van der Waals surface area contributed by atoms with E-state index in [1.807, 2.05) is 30.3 Å². The number of para-hydroxylation sites is 1. The first-order chi connectivity index (χ1) is 17.8. The SMILES string of the molecule is CCn1c2ccccc2c2cc(NC(=O)c3ccc(N(Cc4ccccc4F)S(C)(=O)=O)cc3)ccc21. The van der Waals surface area contributed by atoms with E-state index in [1.54, 1.807) is 42.5 Å². The van der Waals surface area contributed by atoms with Crippen LogP contribution in [0, 0.1) is 5.82 Å². The van der Waals surface area contributed by atoms with Gasteiger partial charge in [0.05, 0.1) is 18.5 Å². The Morgan fingerprint density at radius 1 is 0.892 bits per heavy atom. The number of hydrogen-bond donors (Lipinski definition) is 1. The summed E-state index contributed by atoms with van der Waals surface area (Å²) in [7, 11) is -3.69. The number of sulfonamides is 1. The number of anilines is 2. The molecule has 0 aliphatic carbocycles. The molecule has 0 radical (unpaired) electrons. The molecule has 1 heterocycles. The Morgan fingerprint density at radius 3 is 2.27 bits per heavy atom. The van der Waals surface area contributed by atoms with E-state index in [2.05, 4.69) is 28.9 Å². The van der Waals surface area contributed by atoms with Gasteiger partial charge in [-0.2, -0.15) is 0 Å². The van der Waals surface area contributed by atoms with Gasteiger partial charge in [0.25, 0.3) is 5.91 Å². The Labute approximate surface area is 215 Å². The van der Waals surface area contributed by atoms with Crippen LogP contribution in [-0.4, -0.2) is 25.1 Å². The number of nitrogens with one attached hydrogen (secondary N) is 1. The van der Waals surface area contributed by atoms with Gasteiger partial charge in [-0.15, -0.1) is 0 Å². The number of fused-ring (bicyclic) bond motifs is 3. The minimum Gasteiger partial charge on any atom is -0.341 e. The lowest BCUT2D eigenvalue weighted by molar-refractivity contribution is 0.102. The summed E-state index contributed by atoms with van der Waals surface area (Å²) in [6.45, 7) is 2.79. The lowest BCUT2D eigenvalue weighted by Gasteiger charge is -2.23. The topological polar surface area (TPSA) is 71.4 Å². The van der Waals surface area contributed by atoms with Crippen molar-refractivity contribution in [2.24, 2.45) is 0 Å². The van der Waals surface area contributed by atoms with Crippen molar-refractivity contribution >= 4 is 49.1 Å². The van der Waals surface area contributed by atoms with Gasteiger partial charge in [0.1, 0.15) is 5.82 Å². The zero-order valence-electron chi connectivity index (χ0n) is 20.5. The predicted octanol–water partition coefficient (Wildman–Crippen LogP) is 6.17. The fraction of sp³-hybridized carbons (Fsp3) is 0.138. The summed E-state index contributed by atoms with van der Waals surface area (Å²) >= 11 is 0. The molecule has 1 aromatic heterocycles. The van der Waals surface area contributed by atoms with Crippen LogP contribution in [0.15, 0.2) is 91.0 Å². The Hall–Kier alpha value is -4.17. The second-order valence-corrected chi connectivity index (χ2v) is 10.8. The predicted molar refractivity (Wildman–Crippen MR) is 147 cm³/mol. The molecule has 0 fully saturated rings. The molecule has 188 valence electrons. The average Bonchev–Trinajstić information content (AvgIpc) is 3.20. The van der Waals surface area contributed by atoms with Crippen LogP contribution in [0.4, 0.5) is 15.8 Å². The van der Waals surface area contributed by atoms with E-state index in [4.69, 9.17) is 0 Å². The maximum absolute atomic E-state index is 14.2. The van der Waals surface area contributed by atoms with Gasteiger partial charge in [-0.05, 0) is 61.5 Å². The molecule has 0 saturated heterocycles. The molecule has 37 heavy (non-hydrogen) atoms. The highest BCUT2D eigenvalue weighted by molar-refractivity contribution is 7.92. The van der Waals surface area contributed by atoms with E-state index in [-0.39, 0.29) is 18.0 Å². The molecule has 6 nitrogen and oxygen atoms in total. The summed E-state index contributed by atoms with van der Waals surface area (Å²) in [5, 5.41) is 5.12. The lowest BCUT2D eigenvalue weighted by Crippen LogP contribution is -2.29. The Balaban J connectivity index is 1.40. The molecule has 8 heteroatoms. The van der Waals surface area contributed by atoms with Crippen molar-refractivity contribution in [2.75, 3.05) is 15.9 Å². The van der Waals surface area contributed by atoms with Crippen LogP contribution in [0.1, 0.15) is 22.8 Å². The molecule has 4 aromatic carbocycles. The molecule has 0 bridgehead atoms. The van der Waals surface area contributed by atoms with Crippen LogP contribution in [0.3, 0.4) is 0 Å². The van der Waals surface area contributed by atoms with Crippen molar-refractivity contribution in [3.63, 3.8) is 0 Å². The Morgan fingerprint density at radius 2 is 1.57 bits per heavy atom. The van der Waals surface area contributed by atoms with E-state index >= 15 is 0 Å². The van der Waals surface area contributed by atoms with Crippen LogP contribution >= 0.6 is 0 Å². The third-order valence-electron chi connectivity index (χ3n) is 6.44. The maximum Gasteiger partial charge on any atom is 0.255 e. The monoisotopic (exact) mass is 515 g/mol. The largest absolute Gasteiger partial charge is 0.341 e. The van der Waals surface area contributed by atoms with Gasteiger partial charge in [-0.3, -0.25) is 9.10 Å². The zero-order valence-corrected chi connectivity index (χ0v) is 21.3. The quantitative estimate of drug-likeness (QED) is 0.282. The normalized spacial score (nSPS) is 11.6. The Bertz CT molecular complexity index is 1730. The lowest BCUT2D eigenvalue weighted by atomic mass is 10.1. The van der Waals surface area contributed by atoms with Gasteiger partial charge < -0.3 is 9.88 Å². The zero-order chi connectivity index (χ0) is 26.2. The van der Waals surface area contributed by atoms with Gasteiger partial charge >= 0.3 is 0 Å². The van der Waals surface area contributed by atoms with Crippen LogP contribution in [0.25, 0.3) is 21.8 Å². The molecule has 0 saturated carbocycles. The van der Waals surface area contributed by atoms with Gasteiger partial charge in [0, 0.05) is 45.2 Å². The van der Waals surface area contributed by atoms with Gasteiger partial charge in [0.15, 0.2) is 0 Å². The maximum atomic E-state index is 14.2. The van der Waals surface area contributed by atoms with Crippen molar-refractivity contribution < 1.29 is 17.6 Å². The fourth-order valence-electron chi connectivity index (χ4n) is 4.64. The number of rotatable bonds is 7. The van der Waals surface area contributed by atoms with E-state index in [1.165, 1.54) is 6.07 Å². The van der Waals surface area contributed by atoms with Crippen molar-refractivity contribution in [1.82, 2.24) is 4.57 Å². The number of halogens is 1. The molecule has 1 N–H and O–H groups in total. The molecular weight excluding hydrogens is 489 g/mol. The van der Waals surface area contributed by atoms with Gasteiger partial charge in [-0.25, -0.2) is 12.8 Å². The summed E-state index contributed by atoms with van der Waals surface area (Å²) in [5.74, 6) is -0.795. The minimum absolute atomic E-state index is 0.150. The summed E-state index contributed by atoms with van der Waals surface area (Å²) in [4.78, 5) is 13.0. The first kappa shape index (κ1) is 24.5. The van der Waals surface area contributed by atoms with E-state index in [9.17, 15) is 17.6 Å². The molecule has 0 atom stereocenters. The highest BCUT2D eigenvalue weighted by atomic mass is 32.2. The molecule has 1 amide bonds. The first-order valence-electron chi connectivity index (χ1n) is 11.9. The number of aryl methyl sites for hydroxylation is 1. The number of benzene rings is 4. The summed E-state index contributed by atoms with van der Waals surface area (Å²) < 4.78 is 42.4. The fourth-order valence-corrected chi connectivity index (χ4v) is 5.51. The summed E-state index contributed by atoms with van der Waals surface area (Å²) in [6, 6.07) is 26.3. The van der Waals surface area contributed by atoms with Crippen LogP contribution in [-0.2, 0) is 23.1 Å². The van der Waals surface area contributed by atoms with Gasteiger partial charge in [-0.1, -0.05) is 36.4 Å². The summed E-state index contributed by atoms with van der Waals surface area (Å²) in [6.07, 6.45) is 1.07. The van der Waals surface area contributed by atoms with Crippen LogP contribution in [0.2, 0.25) is 0 Å². The number of carbonyl (C=O) groups excluding carboxylic acids is 1. The summed E-state index contributed by atoms with van der Waals surface area (Å²) in [5.41, 5.74) is 3.88. The standard InChI is InChI=1S/C29H26FN3O3S/c1-3-32-27-11-7-5-9-24(27)25-18-22(14-17-28(25)32)31-29(34)20-12-15-23(16-13-20)33(37(2,35)36)19-21-8-4-6-10-26(21)30/h4-18H,3,19H2,1-2H3,(H,31,34). The smallest absolute Gasteiger partial charge is 0.255 e. The van der Waals surface area contributed by atoms with Crippen molar-refractivity contribution in [2.45, 2.75) is 20.0 Å². The highest BCUT2D eigenvalue weighted by Crippen LogP contribution is 2.31. The number of carbonyl (C=O) groups is 1. The first-order valence-corrected chi connectivity index (χ1v) is 13.7. The number of amides is 1. The molecule has 0 aliphatic rings. The number of nitrogens with zero attached hydrogens (tertiary/aromatic N) is 2. The third kappa shape index (κ3) is 4.80. The molecule has 0 spiro atoms. The van der Waals surface area contributed by atoms with Crippen molar-refractivity contribution in [3.05, 3.63) is 108 Å². The van der Waals surface area contributed by atoms with Gasteiger partial charge in [0.2, 0.25) is 10.0 Å². The molecule has 5 aromatic rings. The molecular formula is C29H26FN3O3S.